The number of benzene rings is 1. The molecule has 2 unspecified atom stereocenters. The maximum absolute atomic E-state index is 13.8. The van der Waals surface area contributed by atoms with Crippen molar-refractivity contribution in [2.45, 2.75) is 82.0 Å². The highest BCUT2D eigenvalue weighted by molar-refractivity contribution is 6.41. The summed E-state index contributed by atoms with van der Waals surface area (Å²) in [6.07, 6.45) is 11.0. The van der Waals surface area contributed by atoms with Crippen molar-refractivity contribution in [1.82, 2.24) is 14.5 Å². The summed E-state index contributed by atoms with van der Waals surface area (Å²) in [7, 11) is 1.26. The molecule has 4 fully saturated rings. The van der Waals surface area contributed by atoms with Gasteiger partial charge in [0.25, 0.3) is 5.56 Å². The van der Waals surface area contributed by atoms with Crippen molar-refractivity contribution in [2.75, 3.05) is 20.3 Å². The van der Waals surface area contributed by atoms with E-state index >= 15 is 0 Å². The lowest BCUT2D eigenvalue weighted by molar-refractivity contribution is -0.129. The minimum Gasteiger partial charge on any atom is -0.476 e. The molecule has 9 nitrogen and oxygen atoms in total. The summed E-state index contributed by atoms with van der Waals surface area (Å²) in [5.41, 5.74) is 0.200. The van der Waals surface area contributed by atoms with E-state index in [9.17, 15) is 14.7 Å². The van der Waals surface area contributed by atoms with Gasteiger partial charge in [-0.25, -0.2) is 9.78 Å². The van der Waals surface area contributed by atoms with Crippen LogP contribution in [0.5, 0.6) is 0 Å². The van der Waals surface area contributed by atoms with Gasteiger partial charge in [-0.15, -0.1) is 0 Å². The van der Waals surface area contributed by atoms with Crippen LogP contribution in [0.3, 0.4) is 0 Å². The number of carbonyl (C=O) groups is 1. The standard InChI is InChI=1S/C28H36N4O5/c1-36-30-26(28(34)35)25-27(33)32(24-9-5-4-8-23(24)29-25)20-13-21-15-37-16-22(14-20)31(21)19-11-17-6-2-3-7-18(10-17)12-19/h4-5,8-9,17-22H,2-3,6-7,10-16H2,1H3,(H,34,35)/t17-,18+,19?,20?,21-,22+. The van der Waals surface area contributed by atoms with Crippen molar-refractivity contribution in [3.05, 3.63) is 40.3 Å². The van der Waals surface area contributed by atoms with Crippen LogP contribution < -0.4 is 5.56 Å². The van der Waals surface area contributed by atoms with Gasteiger partial charge in [0.15, 0.2) is 5.69 Å². The molecule has 4 bridgehead atoms. The molecule has 0 radical (unpaired) electrons. The Morgan fingerprint density at radius 3 is 2.32 bits per heavy atom. The maximum Gasteiger partial charge on any atom is 0.360 e. The van der Waals surface area contributed by atoms with Crippen molar-refractivity contribution in [3.63, 3.8) is 0 Å². The SMILES string of the molecule is CON=C(C(=O)O)c1nc2ccccc2n(C2C[C@H]3COC[C@@H](C2)N3C2C[C@H]3CCCC[C@@H](C2)C3)c1=O. The number of hydrogen-bond acceptors (Lipinski definition) is 7. The van der Waals surface area contributed by atoms with Crippen LogP contribution in [0.15, 0.2) is 34.2 Å². The molecule has 0 amide bonds. The number of nitrogens with zero attached hydrogens (tertiary/aromatic N) is 4. The van der Waals surface area contributed by atoms with Crippen LogP contribution in [0.2, 0.25) is 0 Å². The van der Waals surface area contributed by atoms with Gasteiger partial charge in [0, 0.05) is 24.2 Å². The van der Waals surface area contributed by atoms with Crippen LogP contribution in [-0.4, -0.2) is 69.7 Å². The van der Waals surface area contributed by atoms with Crippen LogP contribution in [-0.2, 0) is 14.4 Å². The largest absolute Gasteiger partial charge is 0.476 e. The van der Waals surface area contributed by atoms with Crippen molar-refractivity contribution in [1.29, 1.82) is 0 Å². The topological polar surface area (TPSA) is 106 Å². The molecule has 2 saturated carbocycles. The van der Waals surface area contributed by atoms with E-state index < -0.39 is 17.2 Å². The first-order valence-electron chi connectivity index (χ1n) is 13.7. The first-order valence-corrected chi connectivity index (χ1v) is 13.7. The second-order valence-electron chi connectivity index (χ2n) is 11.3. The average molecular weight is 509 g/mol. The number of piperidine rings is 1. The number of oxime groups is 1. The van der Waals surface area contributed by atoms with Gasteiger partial charge in [0.2, 0.25) is 5.71 Å². The Bertz CT molecular complexity index is 1230. The second kappa shape index (κ2) is 10.2. The van der Waals surface area contributed by atoms with Gasteiger partial charge in [-0.1, -0.05) is 43.0 Å². The molecule has 9 heteroatoms. The lowest BCUT2D eigenvalue weighted by Crippen LogP contribution is -2.62. The summed E-state index contributed by atoms with van der Waals surface area (Å²) in [5.74, 6) is 0.344. The lowest BCUT2D eigenvalue weighted by Gasteiger charge is -2.54. The van der Waals surface area contributed by atoms with Crippen LogP contribution in [0.4, 0.5) is 0 Å². The number of para-hydroxylation sites is 2. The van der Waals surface area contributed by atoms with Crippen molar-refractivity contribution < 1.29 is 19.5 Å². The van der Waals surface area contributed by atoms with Crippen LogP contribution in [0.25, 0.3) is 11.0 Å². The fourth-order valence-electron chi connectivity index (χ4n) is 7.78. The van der Waals surface area contributed by atoms with E-state index in [0.29, 0.717) is 24.8 Å². The molecule has 2 aromatic rings. The summed E-state index contributed by atoms with van der Waals surface area (Å²) < 4.78 is 7.82. The average Bonchev–Trinajstić information content (AvgIpc) is 3.05. The number of aliphatic carboxylic acids is 1. The Morgan fingerprint density at radius 1 is 1.00 bits per heavy atom. The molecule has 1 aromatic heterocycles. The molecule has 198 valence electrons. The molecular formula is C28H36N4O5. The zero-order valence-corrected chi connectivity index (χ0v) is 21.4. The third-order valence-electron chi connectivity index (χ3n) is 9.10. The van der Waals surface area contributed by atoms with Gasteiger partial charge in [0.1, 0.15) is 7.11 Å². The molecule has 4 aliphatic rings. The molecule has 6 atom stereocenters. The van der Waals surface area contributed by atoms with Gasteiger partial charge < -0.3 is 19.2 Å². The van der Waals surface area contributed by atoms with E-state index in [1.54, 1.807) is 4.57 Å². The molecular weight excluding hydrogens is 472 g/mol. The van der Waals surface area contributed by atoms with E-state index in [0.717, 1.165) is 30.2 Å². The molecule has 2 aliphatic heterocycles. The van der Waals surface area contributed by atoms with Crippen LogP contribution >= 0.6 is 0 Å². The molecule has 1 N–H and O–H groups in total. The zero-order valence-electron chi connectivity index (χ0n) is 21.4. The van der Waals surface area contributed by atoms with Crippen LogP contribution in [0.1, 0.15) is 69.5 Å². The van der Waals surface area contributed by atoms with Crippen molar-refractivity contribution in [2.24, 2.45) is 17.0 Å². The molecule has 6 rings (SSSR count). The Labute approximate surface area is 216 Å². The highest BCUT2D eigenvalue weighted by Crippen LogP contribution is 2.44. The number of ether oxygens (including phenoxy) is 1. The van der Waals surface area contributed by atoms with E-state index in [1.807, 2.05) is 24.3 Å². The molecule has 2 aliphatic carbocycles. The minimum absolute atomic E-state index is 0.0715. The lowest BCUT2D eigenvalue weighted by atomic mass is 9.75. The number of rotatable bonds is 5. The highest BCUT2D eigenvalue weighted by atomic mass is 16.6. The Kier molecular flexibility index (Phi) is 6.75. The van der Waals surface area contributed by atoms with Gasteiger partial charge in [0.05, 0.1) is 24.2 Å². The number of fused-ring (bicyclic) bond motifs is 5. The Balaban J connectivity index is 1.36. The quantitative estimate of drug-likeness (QED) is 0.486. The predicted molar refractivity (Wildman–Crippen MR) is 139 cm³/mol. The van der Waals surface area contributed by atoms with Crippen LogP contribution in [0, 0.1) is 11.8 Å². The van der Waals surface area contributed by atoms with E-state index in [4.69, 9.17) is 9.57 Å². The summed E-state index contributed by atoms with van der Waals surface area (Å²) in [6, 6.07) is 8.45. The molecule has 37 heavy (non-hydrogen) atoms. The van der Waals surface area contributed by atoms with E-state index in [-0.39, 0.29) is 23.8 Å². The smallest absolute Gasteiger partial charge is 0.360 e. The summed E-state index contributed by atoms with van der Waals surface area (Å²) in [5, 5.41) is 13.4. The monoisotopic (exact) mass is 508 g/mol. The number of hydrogen-bond donors (Lipinski definition) is 1. The van der Waals surface area contributed by atoms with Gasteiger partial charge in [-0.2, -0.15) is 0 Å². The Morgan fingerprint density at radius 2 is 1.68 bits per heavy atom. The van der Waals surface area contributed by atoms with E-state index in [2.05, 4.69) is 15.0 Å². The molecule has 3 heterocycles. The maximum atomic E-state index is 13.8. The minimum atomic E-state index is -1.34. The molecule has 2 saturated heterocycles. The Hall–Kier alpha value is -2.78. The first-order chi connectivity index (χ1) is 18.0. The second-order valence-corrected chi connectivity index (χ2v) is 11.3. The highest BCUT2D eigenvalue weighted by Gasteiger charge is 2.46. The third kappa shape index (κ3) is 4.56. The zero-order chi connectivity index (χ0) is 25.5. The molecule has 1 aromatic carbocycles. The van der Waals surface area contributed by atoms with Crippen molar-refractivity contribution in [3.8, 4) is 0 Å². The van der Waals surface area contributed by atoms with Gasteiger partial charge >= 0.3 is 5.97 Å². The summed E-state index contributed by atoms with van der Waals surface area (Å²) >= 11 is 0. The predicted octanol–water partition coefficient (Wildman–Crippen LogP) is 3.59. The number of aromatic nitrogens is 2. The third-order valence-corrected chi connectivity index (χ3v) is 9.10. The normalized spacial score (nSPS) is 32.6. The summed E-state index contributed by atoms with van der Waals surface area (Å²) in [4.78, 5) is 37.7. The number of morpholine rings is 1. The number of carboxylic acids is 1. The molecule has 0 spiro atoms. The summed E-state index contributed by atoms with van der Waals surface area (Å²) in [6.45, 7) is 1.35. The fraction of sp³-hybridized carbons (Fsp3) is 0.643. The van der Waals surface area contributed by atoms with Gasteiger partial charge in [-0.3, -0.25) is 9.69 Å². The first kappa shape index (κ1) is 24.6. The van der Waals surface area contributed by atoms with Crippen molar-refractivity contribution >= 4 is 22.7 Å². The van der Waals surface area contributed by atoms with Gasteiger partial charge in [-0.05, 0) is 56.1 Å². The van der Waals surface area contributed by atoms with E-state index in [1.165, 1.54) is 52.1 Å². The number of carboxylic acid groups (broad SMARTS) is 1. The fourth-order valence-corrected chi connectivity index (χ4v) is 7.78.